The normalized spacial score (nSPS) is 11.3. The van der Waals surface area contributed by atoms with Crippen LogP contribution in [0.5, 0.6) is 0 Å². The van der Waals surface area contributed by atoms with Gasteiger partial charge in [-0.2, -0.15) is 0 Å². The van der Waals surface area contributed by atoms with E-state index < -0.39 is 0 Å². The van der Waals surface area contributed by atoms with Crippen LogP contribution in [0.15, 0.2) is 243 Å². The molecule has 0 spiro atoms. The number of benzene rings is 10. The van der Waals surface area contributed by atoms with E-state index >= 15 is 0 Å². The monoisotopic (exact) mass is 764 g/mol. The molecule has 0 fully saturated rings. The molecule has 11 rings (SSSR count). The predicted octanol–water partition coefficient (Wildman–Crippen LogP) is 16.1. The van der Waals surface area contributed by atoms with Crippen LogP contribution >= 0.6 is 0 Å². The topological polar surface area (TPSA) is 8.17 Å². The van der Waals surface area contributed by atoms with Gasteiger partial charge in [-0.25, -0.2) is 0 Å². The van der Waals surface area contributed by atoms with Crippen molar-refractivity contribution >= 4 is 49.6 Å². The van der Waals surface area contributed by atoms with E-state index in [1.807, 2.05) is 0 Å². The van der Waals surface area contributed by atoms with Crippen molar-refractivity contribution in [3.05, 3.63) is 243 Å². The van der Waals surface area contributed by atoms with Crippen molar-refractivity contribution in [3.8, 4) is 50.2 Å². The van der Waals surface area contributed by atoms with Gasteiger partial charge in [0.25, 0.3) is 0 Å². The van der Waals surface area contributed by atoms with Crippen molar-refractivity contribution in [2.75, 3.05) is 4.90 Å². The molecule has 0 bridgehead atoms. The molecule has 1 heterocycles. The standard InChI is InChI=1S/C58H40N2/c1-4-16-41(17-5-1)47-38-46-20-10-11-23-51(46)55(39-47)44-30-35-50(36-31-44)59(48-21-8-3-9-22-48)49-33-28-42(29-34-49)45-32-37-52(43-18-6-2-7-19-43)58(40-45)60-56-26-14-12-24-53(56)54-25-13-15-27-57(54)60/h1-40H. The van der Waals surface area contributed by atoms with Crippen LogP contribution in [0.1, 0.15) is 0 Å². The molecule has 0 unspecified atom stereocenters. The van der Waals surface area contributed by atoms with E-state index in [0.717, 1.165) is 28.3 Å². The van der Waals surface area contributed by atoms with Crippen LogP contribution in [0.3, 0.4) is 0 Å². The summed E-state index contributed by atoms with van der Waals surface area (Å²) in [6.07, 6.45) is 0. The van der Waals surface area contributed by atoms with Gasteiger partial charge in [-0.1, -0.05) is 176 Å². The van der Waals surface area contributed by atoms with Crippen molar-refractivity contribution in [3.63, 3.8) is 0 Å². The van der Waals surface area contributed by atoms with Crippen LogP contribution in [-0.4, -0.2) is 4.57 Å². The van der Waals surface area contributed by atoms with Crippen molar-refractivity contribution in [2.24, 2.45) is 0 Å². The van der Waals surface area contributed by atoms with Gasteiger partial charge in [0.05, 0.1) is 16.7 Å². The third kappa shape index (κ3) is 6.32. The minimum atomic E-state index is 1.10. The van der Waals surface area contributed by atoms with E-state index in [1.54, 1.807) is 0 Å². The first-order valence-electron chi connectivity index (χ1n) is 20.6. The highest BCUT2D eigenvalue weighted by Crippen LogP contribution is 2.41. The highest BCUT2D eigenvalue weighted by Gasteiger charge is 2.18. The fourth-order valence-electron chi connectivity index (χ4n) is 8.90. The molecule has 0 aliphatic carbocycles. The minimum Gasteiger partial charge on any atom is -0.311 e. The number of hydrogen-bond donors (Lipinski definition) is 0. The summed E-state index contributed by atoms with van der Waals surface area (Å²) in [6.45, 7) is 0. The summed E-state index contributed by atoms with van der Waals surface area (Å²) in [5, 5.41) is 4.99. The second kappa shape index (κ2) is 15.1. The maximum absolute atomic E-state index is 2.44. The summed E-state index contributed by atoms with van der Waals surface area (Å²) in [5.41, 5.74) is 16.4. The van der Waals surface area contributed by atoms with E-state index in [9.17, 15) is 0 Å². The van der Waals surface area contributed by atoms with E-state index in [2.05, 4.69) is 252 Å². The largest absolute Gasteiger partial charge is 0.311 e. The van der Waals surface area contributed by atoms with Gasteiger partial charge in [0.2, 0.25) is 0 Å². The molecule has 10 aromatic carbocycles. The van der Waals surface area contributed by atoms with E-state index in [0.29, 0.717) is 0 Å². The first-order valence-corrected chi connectivity index (χ1v) is 20.6. The molecule has 0 aliphatic heterocycles. The molecule has 0 radical (unpaired) electrons. The van der Waals surface area contributed by atoms with Crippen LogP contribution in [0, 0.1) is 0 Å². The summed E-state index contributed by atoms with van der Waals surface area (Å²) in [4.78, 5) is 2.34. The molecule has 0 saturated heterocycles. The number of aromatic nitrogens is 1. The van der Waals surface area contributed by atoms with Crippen molar-refractivity contribution in [1.29, 1.82) is 0 Å². The molecular formula is C58H40N2. The summed E-state index contributed by atoms with van der Waals surface area (Å²) in [7, 11) is 0. The lowest BCUT2D eigenvalue weighted by Crippen LogP contribution is -2.09. The molecule has 11 aromatic rings. The Balaban J connectivity index is 0.991. The average molecular weight is 765 g/mol. The van der Waals surface area contributed by atoms with Crippen LogP contribution in [0.25, 0.3) is 82.8 Å². The molecule has 282 valence electrons. The number of hydrogen-bond acceptors (Lipinski definition) is 1. The number of fused-ring (bicyclic) bond motifs is 4. The Morgan fingerprint density at radius 2 is 0.717 bits per heavy atom. The molecular weight excluding hydrogens is 725 g/mol. The first-order chi connectivity index (χ1) is 29.8. The van der Waals surface area contributed by atoms with E-state index in [-0.39, 0.29) is 0 Å². The lowest BCUT2D eigenvalue weighted by Gasteiger charge is -2.26. The SMILES string of the molecule is c1ccc(-c2cc(-c3ccc(N(c4ccccc4)c4ccc(-c5ccc(-c6ccccc6)c(-n6c7ccccc7c7ccccc76)c5)cc4)cc3)c3ccccc3c2)cc1. The second-order valence-corrected chi connectivity index (χ2v) is 15.3. The summed E-state index contributed by atoms with van der Waals surface area (Å²) in [5.74, 6) is 0. The number of rotatable bonds is 8. The Labute approximate surface area is 350 Å². The van der Waals surface area contributed by atoms with Crippen LogP contribution < -0.4 is 4.90 Å². The van der Waals surface area contributed by atoms with Gasteiger partial charge in [0.1, 0.15) is 0 Å². The van der Waals surface area contributed by atoms with Crippen molar-refractivity contribution in [2.45, 2.75) is 0 Å². The summed E-state index contributed by atoms with van der Waals surface area (Å²) < 4.78 is 2.44. The maximum Gasteiger partial charge on any atom is 0.0546 e. The Hall–Kier alpha value is -7.94. The fraction of sp³-hybridized carbons (Fsp3) is 0. The third-order valence-corrected chi connectivity index (χ3v) is 11.8. The zero-order valence-electron chi connectivity index (χ0n) is 33.0. The number of nitrogens with zero attached hydrogens (tertiary/aromatic N) is 2. The third-order valence-electron chi connectivity index (χ3n) is 11.8. The zero-order chi connectivity index (χ0) is 39.8. The minimum absolute atomic E-state index is 1.10. The number of para-hydroxylation sites is 3. The van der Waals surface area contributed by atoms with E-state index in [4.69, 9.17) is 0 Å². The Kier molecular flexibility index (Phi) is 8.87. The van der Waals surface area contributed by atoms with Gasteiger partial charge in [-0.05, 0) is 116 Å². The highest BCUT2D eigenvalue weighted by molar-refractivity contribution is 6.10. The van der Waals surface area contributed by atoms with Crippen molar-refractivity contribution < 1.29 is 0 Å². The molecule has 0 aliphatic rings. The molecule has 1 aromatic heterocycles. The second-order valence-electron chi connectivity index (χ2n) is 15.3. The molecule has 2 heteroatoms. The lowest BCUT2D eigenvalue weighted by molar-refractivity contribution is 1.18. The van der Waals surface area contributed by atoms with Gasteiger partial charge >= 0.3 is 0 Å². The van der Waals surface area contributed by atoms with Gasteiger partial charge < -0.3 is 9.47 Å². The highest BCUT2D eigenvalue weighted by atomic mass is 15.1. The Morgan fingerprint density at radius 3 is 1.35 bits per heavy atom. The molecule has 2 nitrogen and oxygen atoms in total. The Bertz CT molecular complexity index is 3220. The number of anilines is 3. The fourth-order valence-corrected chi connectivity index (χ4v) is 8.90. The smallest absolute Gasteiger partial charge is 0.0546 e. The average Bonchev–Trinajstić information content (AvgIpc) is 3.67. The van der Waals surface area contributed by atoms with Gasteiger partial charge in [0, 0.05) is 33.4 Å². The quantitative estimate of drug-likeness (QED) is 0.150. The molecule has 0 atom stereocenters. The Morgan fingerprint density at radius 1 is 0.267 bits per heavy atom. The van der Waals surface area contributed by atoms with E-state index in [1.165, 1.54) is 71.5 Å². The van der Waals surface area contributed by atoms with Gasteiger partial charge in [-0.15, -0.1) is 0 Å². The van der Waals surface area contributed by atoms with Gasteiger partial charge in [-0.3, -0.25) is 0 Å². The summed E-state index contributed by atoms with van der Waals surface area (Å²) >= 11 is 0. The lowest BCUT2D eigenvalue weighted by atomic mass is 9.93. The molecule has 60 heavy (non-hydrogen) atoms. The summed E-state index contributed by atoms with van der Waals surface area (Å²) in [6, 6.07) is 87.8. The van der Waals surface area contributed by atoms with Crippen LogP contribution in [0.2, 0.25) is 0 Å². The molecule has 0 saturated carbocycles. The van der Waals surface area contributed by atoms with Crippen LogP contribution in [-0.2, 0) is 0 Å². The zero-order valence-corrected chi connectivity index (χ0v) is 33.0. The maximum atomic E-state index is 2.44. The molecule has 0 amide bonds. The first kappa shape index (κ1) is 35.2. The van der Waals surface area contributed by atoms with Gasteiger partial charge in [0.15, 0.2) is 0 Å². The van der Waals surface area contributed by atoms with Crippen LogP contribution in [0.4, 0.5) is 17.1 Å². The molecule has 0 N–H and O–H groups in total. The predicted molar refractivity (Wildman–Crippen MR) is 255 cm³/mol. The van der Waals surface area contributed by atoms with Crippen molar-refractivity contribution in [1.82, 2.24) is 4.57 Å².